The van der Waals surface area contributed by atoms with E-state index in [1.807, 2.05) is 18.2 Å². The Hall–Kier alpha value is -3.04. The average molecular weight is 462 g/mol. The summed E-state index contributed by atoms with van der Waals surface area (Å²) in [6, 6.07) is 16.1. The van der Waals surface area contributed by atoms with Gasteiger partial charge in [0.25, 0.3) is 0 Å². The number of piperazine rings is 1. The van der Waals surface area contributed by atoms with Crippen LogP contribution in [0, 0.1) is 0 Å². The predicted octanol–water partition coefficient (Wildman–Crippen LogP) is 4.02. The minimum Gasteiger partial charge on any atom is -0.508 e. The van der Waals surface area contributed by atoms with Crippen LogP contribution in [-0.4, -0.2) is 61.4 Å². The number of aromatic nitrogens is 5. The normalized spacial score (nSPS) is 18.8. The summed E-state index contributed by atoms with van der Waals surface area (Å²) in [7, 11) is 0. The Morgan fingerprint density at radius 3 is 2.45 bits per heavy atom. The van der Waals surface area contributed by atoms with Gasteiger partial charge in [0.2, 0.25) is 0 Å². The number of rotatable bonds is 5. The second-order valence-corrected chi connectivity index (χ2v) is 9.91. The van der Waals surface area contributed by atoms with Crippen LogP contribution in [0.15, 0.2) is 48.5 Å². The van der Waals surface area contributed by atoms with E-state index >= 15 is 0 Å². The molecule has 0 unspecified atom stereocenters. The number of tetrazole rings is 1. The minimum atomic E-state index is -0.0429. The third-order valence-corrected chi connectivity index (χ3v) is 7.97. The van der Waals surface area contributed by atoms with Gasteiger partial charge in [0.05, 0.1) is 22.3 Å². The summed E-state index contributed by atoms with van der Waals surface area (Å²) < 4.78 is 3.29. The zero-order valence-electron chi connectivity index (χ0n) is 18.4. The van der Waals surface area contributed by atoms with E-state index in [0.717, 1.165) is 61.1 Å². The van der Waals surface area contributed by atoms with Crippen molar-refractivity contribution >= 4 is 26.7 Å². The molecule has 1 saturated carbocycles. The fourth-order valence-corrected chi connectivity index (χ4v) is 6.15. The maximum atomic E-state index is 9.86. The zero-order valence-corrected chi connectivity index (χ0v) is 19.2. The van der Waals surface area contributed by atoms with Gasteiger partial charge in [-0.05, 0) is 53.1 Å². The van der Waals surface area contributed by atoms with Gasteiger partial charge in [-0.1, -0.05) is 48.4 Å². The van der Waals surface area contributed by atoms with Gasteiger partial charge in [0.1, 0.15) is 5.75 Å². The van der Waals surface area contributed by atoms with E-state index in [9.17, 15) is 5.11 Å². The number of para-hydroxylation sites is 1. The Labute approximate surface area is 196 Å². The lowest BCUT2D eigenvalue weighted by Crippen LogP contribution is -2.48. The van der Waals surface area contributed by atoms with Crippen LogP contribution in [-0.2, 0) is 0 Å². The van der Waals surface area contributed by atoms with E-state index in [1.54, 1.807) is 23.5 Å². The van der Waals surface area contributed by atoms with E-state index in [2.05, 4.69) is 48.2 Å². The molecule has 2 fully saturated rings. The van der Waals surface area contributed by atoms with Crippen molar-refractivity contribution in [2.24, 2.45) is 0 Å². The van der Waals surface area contributed by atoms with E-state index in [0.29, 0.717) is 6.04 Å². The monoisotopic (exact) mass is 461 g/mol. The predicted molar refractivity (Wildman–Crippen MR) is 129 cm³/mol. The lowest BCUT2D eigenvalue weighted by molar-refractivity contribution is 0.197. The minimum absolute atomic E-state index is 0.0429. The Kier molecular flexibility index (Phi) is 5.43. The highest BCUT2D eigenvalue weighted by Crippen LogP contribution is 2.36. The van der Waals surface area contributed by atoms with Crippen molar-refractivity contribution in [3.05, 3.63) is 59.9 Å². The number of phenols is 1. The Balaban J connectivity index is 1.28. The molecule has 3 heterocycles. The molecule has 33 heavy (non-hydrogen) atoms. The highest BCUT2D eigenvalue weighted by atomic mass is 32.1. The van der Waals surface area contributed by atoms with E-state index in [1.165, 1.54) is 17.5 Å². The first-order chi connectivity index (χ1) is 16.3. The Morgan fingerprint density at radius 1 is 0.939 bits per heavy atom. The van der Waals surface area contributed by atoms with Gasteiger partial charge in [-0.15, -0.1) is 5.10 Å². The van der Waals surface area contributed by atoms with Crippen molar-refractivity contribution in [2.45, 2.75) is 37.8 Å². The number of fused-ring (bicyclic) bond motifs is 1. The van der Waals surface area contributed by atoms with Crippen LogP contribution in [0.1, 0.15) is 49.2 Å². The van der Waals surface area contributed by atoms with Crippen molar-refractivity contribution in [1.82, 2.24) is 30.1 Å². The van der Waals surface area contributed by atoms with Crippen LogP contribution in [0.3, 0.4) is 0 Å². The van der Waals surface area contributed by atoms with Crippen LogP contribution in [0.5, 0.6) is 5.75 Å². The number of nitrogens with zero attached hydrogens (tertiary/aromatic N) is 7. The van der Waals surface area contributed by atoms with Crippen LogP contribution in [0.2, 0.25) is 0 Å². The fourth-order valence-electron chi connectivity index (χ4n) is 5.14. The molecule has 9 heteroatoms. The molecular weight excluding hydrogens is 434 g/mol. The van der Waals surface area contributed by atoms with Gasteiger partial charge in [0, 0.05) is 26.2 Å². The number of hydrogen-bond acceptors (Lipinski definition) is 8. The van der Waals surface area contributed by atoms with Gasteiger partial charge >= 0.3 is 0 Å². The first-order valence-electron chi connectivity index (χ1n) is 11.7. The van der Waals surface area contributed by atoms with Crippen LogP contribution in [0.25, 0.3) is 10.2 Å². The molecule has 1 atom stereocenters. The number of hydrogen-bond donors (Lipinski definition) is 1. The summed E-state index contributed by atoms with van der Waals surface area (Å²) in [5, 5.41) is 23.9. The third-order valence-electron chi connectivity index (χ3n) is 6.87. The lowest BCUT2D eigenvalue weighted by Gasteiger charge is -2.39. The first-order valence-corrected chi connectivity index (χ1v) is 12.5. The molecule has 1 aliphatic heterocycles. The van der Waals surface area contributed by atoms with Crippen LogP contribution in [0.4, 0.5) is 5.13 Å². The topological polar surface area (TPSA) is 83.2 Å². The van der Waals surface area contributed by atoms with Crippen molar-refractivity contribution in [2.75, 3.05) is 31.1 Å². The van der Waals surface area contributed by atoms with E-state index in [4.69, 9.17) is 4.98 Å². The molecule has 2 aromatic heterocycles. The molecule has 2 aromatic carbocycles. The average Bonchev–Trinajstić information content (AvgIpc) is 3.61. The molecular formula is C24H27N7OS. The first kappa shape index (κ1) is 20.6. The number of aromatic hydroxyl groups is 1. The number of anilines is 1. The molecule has 6 rings (SSSR count). The second kappa shape index (κ2) is 8.72. The molecule has 0 bridgehead atoms. The van der Waals surface area contributed by atoms with Crippen LogP contribution >= 0.6 is 11.3 Å². The van der Waals surface area contributed by atoms with Gasteiger partial charge in [-0.2, -0.15) is 0 Å². The summed E-state index contributed by atoms with van der Waals surface area (Å²) in [6.07, 6.45) is 4.72. The molecule has 2 aliphatic rings. The Morgan fingerprint density at radius 2 is 1.70 bits per heavy atom. The van der Waals surface area contributed by atoms with E-state index in [-0.39, 0.29) is 11.8 Å². The number of phenolic OH excluding ortho intramolecular Hbond substituents is 1. The molecule has 1 aliphatic carbocycles. The van der Waals surface area contributed by atoms with Crippen molar-refractivity contribution in [1.29, 1.82) is 0 Å². The highest BCUT2D eigenvalue weighted by Gasteiger charge is 2.33. The van der Waals surface area contributed by atoms with Gasteiger partial charge in [0.15, 0.2) is 11.0 Å². The Bertz CT molecular complexity index is 1190. The summed E-state index contributed by atoms with van der Waals surface area (Å²) in [4.78, 5) is 9.70. The van der Waals surface area contributed by atoms with Gasteiger partial charge < -0.3 is 10.0 Å². The smallest absolute Gasteiger partial charge is 0.186 e. The molecule has 4 aromatic rings. The van der Waals surface area contributed by atoms with Gasteiger partial charge in [-0.3, -0.25) is 4.90 Å². The molecule has 1 saturated heterocycles. The molecule has 0 radical (unpaired) electrons. The zero-order chi connectivity index (χ0) is 22.2. The number of thiazole rings is 1. The van der Waals surface area contributed by atoms with Crippen LogP contribution < -0.4 is 4.90 Å². The standard InChI is InChI=1S/C24H27N7OS/c32-19-11-9-17(10-12-19)22(23-26-27-28-31(23)18-5-1-2-6-18)29-13-15-30(16-14-29)24-25-20-7-3-4-8-21(20)33-24/h3-4,7-12,18,22,32H,1-2,5-6,13-16H2/t22-/m0/s1. The molecule has 1 N–H and O–H groups in total. The molecule has 8 nitrogen and oxygen atoms in total. The maximum Gasteiger partial charge on any atom is 0.186 e. The van der Waals surface area contributed by atoms with E-state index < -0.39 is 0 Å². The number of benzene rings is 2. The van der Waals surface area contributed by atoms with Crippen molar-refractivity contribution in [3.8, 4) is 5.75 Å². The summed E-state index contributed by atoms with van der Waals surface area (Å²) in [5.41, 5.74) is 2.17. The quantitative estimate of drug-likeness (QED) is 0.481. The summed E-state index contributed by atoms with van der Waals surface area (Å²) >= 11 is 1.76. The molecule has 0 spiro atoms. The maximum absolute atomic E-state index is 9.86. The lowest BCUT2D eigenvalue weighted by atomic mass is 10.0. The summed E-state index contributed by atoms with van der Waals surface area (Å²) in [6.45, 7) is 3.58. The summed E-state index contributed by atoms with van der Waals surface area (Å²) in [5.74, 6) is 1.18. The third kappa shape index (κ3) is 3.95. The highest BCUT2D eigenvalue weighted by molar-refractivity contribution is 7.22. The van der Waals surface area contributed by atoms with Gasteiger partial charge in [-0.25, -0.2) is 9.67 Å². The largest absolute Gasteiger partial charge is 0.508 e. The molecule has 170 valence electrons. The van der Waals surface area contributed by atoms with Crippen molar-refractivity contribution in [3.63, 3.8) is 0 Å². The molecule has 0 amide bonds. The SMILES string of the molecule is Oc1ccc([C@@H](c2nnnn2C2CCCC2)N2CCN(c3nc4ccccc4s3)CC2)cc1. The fraction of sp³-hybridized carbons (Fsp3) is 0.417. The second-order valence-electron chi connectivity index (χ2n) is 8.90. The van der Waals surface area contributed by atoms with Crippen molar-refractivity contribution < 1.29 is 5.11 Å².